The maximum atomic E-state index is 13.1. The summed E-state index contributed by atoms with van der Waals surface area (Å²) in [5, 5.41) is 0. The predicted molar refractivity (Wildman–Crippen MR) is 80.6 cm³/mol. The molecule has 2 aromatic carbocycles. The lowest BCUT2D eigenvalue weighted by Crippen LogP contribution is -2.45. The average Bonchev–Trinajstić information content (AvgIpc) is 2.98. The number of urea groups is 1. The fraction of sp³-hybridized carbons (Fsp3) is 0.118. The van der Waals surface area contributed by atoms with Crippen molar-refractivity contribution in [3.05, 3.63) is 65.5 Å². The van der Waals surface area contributed by atoms with Crippen molar-refractivity contribution in [3.63, 3.8) is 0 Å². The number of halogens is 1. The van der Waals surface area contributed by atoms with Gasteiger partial charge in [-0.3, -0.25) is 9.69 Å². The van der Waals surface area contributed by atoms with Gasteiger partial charge in [-0.05, 0) is 30.3 Å². The number of carbonyl (C=O) groups is 3. The van der Waals surface area contributed by atoms with Crippen LogP contribution < -0.4 is 4.90 Å². The first-order valence-electron chi connectivity index (χ1n) is 7.17. The summed E-state index contributed by atoms with van der Waals surface area (Å²) in [6.45, 7) is 0. The van der Waals surface area contributed by atoms with Crippen molar-refractivity contribution in [1.29, 1.82) is 0 Å². The van der Waals surface area contributed by atoms with E-state index < -0.39 is 29.4 Å². The molecule has 0 aliphatic carbocycles. The highest BCUT2D eigenvalue weighted by atomic mass is 19.1. The van der Waals surface area contributed by atoms with Gasteiger partial charge in [0.15, 0.2) is 0 Å². The maximum absolute atomic E-state index is 13.1. The van der Waals surface area contributed by atoms with Crippen LogP contribution in [-0.2, 0) is 15.3 Å². The van der Waals surface area contributed by atoms with Gasteiger partial charge >= 0.3 is 17.9 Å². The standard InChI is InChI=1S/C17H11FN2O4/c1-19-16(23)20(11-8-6-10(18)7-9-11)15(22)17(19)13-5-3-2-4-12(13)14(21)24-17/h2-9H,1H3. The van der Waals surface area contributed by atoms with Gasteiger partial charge in [-0.25, -0.2) is 18.9 Å². The molecule has 6 nitrogen and oxygen atoms in total. The molecule has 1 atom stereocenters. The average molecular weight is 326 g/mol. The van der Waals surface area contributed by atoms with Crippen molar-refractivity contribution >= 4 is 23.6 Å². The van der Waals surface area contributed by atoms with Crippen LogP contribution in [0.1, 0.15) is 15.9 Å². The van der Waals surface area contributed by atoms with Crippen LogP contribution in [0.4, 0.5) is 14.9 Å². The summed E-state index contributed by atoms with van der Waals surface area (Å²) in [5.41, 5.74) is -1.05. The topological polar surface area (TPSA) is 66.9 Å². The molecule has 2 aromatic rings. The van der Waals surface area contributed by atoms with Gasteiger partial charge in [0.25, 0.3) is 5.72 Å². The second-order valence-corrected chi connectivity index (χ2v) is 5.54. The predicted octanol–water partition coefficient (Wildman–Crippen LogP) is 2.25. The van der Waals surface area contributed by atoms with E-state index in [1.165, 1.54) is 19.2 Å². The third-order valence-corrected chi connectivity index (χ3v) is 4.28. The van der Waals surface area contributed by atoms with Crippen LogP contribution >= 0.6 is 0 Å². The molecular formula is C17H11FN2O4. The second kappa shape index (κ2) is 4.64. The Bertz CT molecular complexity index is 896. The molecule has 3 amide bonds. The number of benzene rings is 2. The number of rotatable bonds is 1. The number of anilines is 1. The number of imide groups is 1. The van der Waals surface area contributed by atoms with Crippen LogP contribution in [0.2, 0.25) is 0 Å². The smallest absolute Gasteiger partial charge is 0.341 e. The van der Waals surface area contributed by atoms with Crippen LogP contribution in [0, 0.1) is 5.82 Å². The molecule has 2 heterocycles. The van der Waals surface area contributed by atoms with Crippen molar-refractivity contribution < 1.29 is 23.5 Å². The van der Waals surface area contributed by atoms with Gasteiger partial charge in [0, 0.05) is 12.6 Å². The number of esters is 1. The van der Waals surface area contributed by atoms with Crippen molar-refractivity contribution in [2.75, 3.05) is 11.9 Å². The Balaban J connectivity index is 1.88. The van der Waals surface area contributed by atoms with Gasteiger partial charge in [0.1, 0.15) is 5.82 Å². The second-order valence-electron chi connectivity index (χ2n) is 5.54. The minimum absolute atomic E-state index is 0.204. The fourth-order valence-electron chi connectivity index (χ4n) is 3.09. The molecule has 1 saturated heterocycles. The lowest BCUT2D eigenvalue weighted by atomic mass is 9.99. The van der Waals surface area contributed by atoms with E-state index in [2.05, 4.69) is 0 Å². The van der Waals surface area contributed by atoms with Crippen molar-refractivity contribution in [1.82, 2.24) is 4.90 Å². The van der Waals surface area contributed by atoms with E-state index in [1.807, 2.05) is 0 Å². The molecular weight excluding hydrogens is 315 g/mol. The highest BCUT2D eigenvalue weighted by molar-refractivity contribution is 6.24. The Morgan fingerprint density at radius 2 is 1.67 bits per heavy atom. The monoisotopic (exact) mass is 326 g/mol. The van der Waals surface area contributed by atoms with Gasteiger partial charge in [-0.2, -0.15) is 0 Å². The van der Waals surface area contributed by atoms with E-state index >= 15 is 0 Å². The van der Waals surface area contributed by atoms with Crippen LogP contribution in [0.15, 0.2) is 48.5 Å². The van der Waals surface area contributed by atoms with E-state index in [4.69, 9.17) is 4.74 Å². The minimum atomic E-state index is -1.82. The molecule has 0 aromatic heterocycles. The highest BCUT2D eigenvalue weighted by Gasteiger charge is 2.64. The maximum Gasteiger partial charge on any atom is 0.341 e. The number of likely N-dealkylation sites (N-methyl/N-ethyl adjacent to an activating group) is 1. The SMILES string of the molecule is CN1C(=O)N(c2ccc(F)cc2)C(=O)C12OC(=O)c1ccccc12. The summed E-state index contributed by atoms with van der Waals surface area (Å²) < 4.78 is 18.5. The molecule has 1 unspecified atom stereocenters. The lowest BCUT2D eigenvalue weighted by Gasteiger charge is -2.26. The first-order valence-corrected chi connectivity index (χ1v) is 7.17. The third-order valence-electron chi connectivity index (χ3n) is 4.28. The normalized spacial score (nSPS) is 22.3. The molecule has 7 heteroatoms. The highest BCUT2D eigenvalue weighted by Crippen LogP contribution is 2.45. The summed E-state index contributed by atoms with van der Waals surface area (Å²) >= 11 is 0. The summed E-state index contributed by atoms with van der Waals surface area (Å²) in [7, 11) is 1.39. The molecule has 4 rings (SSSR count). The van der Waals surface area contributed by atoms with Crippen molar-refractivity contribution in [2.24, 2.45) is 0 Å². The van der Waals surface area contributed by atoms with Gasteiger partial charge in [-0.15, -0.1) is 0 Å². The molecule has 0 N–H and O–H groups in total. The quantitative estimate of drug-likeness (QED) is 0.595. The minimum Gasteiger partial charge on any atom is -0.421 e. The fourth-order valence-corrected chi connectivity index (χ4v) is 3.09. The molecule has 2 aliphatic rings. The Morgan fingerprint density at radius 1 is 1.00 bits per heavy atom. The Labute approximate surface area is 136 Å². The van der Waals surface area contributed by atoms with E-state index in [0.717, 1.165) is 21.9 Å². The zero-order valence-corrected chi connectivity index (χ0v) is 12.5. The van der Waals surface area contributed by atoms with E-state index in [9.17, 15) is 18.8 Å². The zero-order valence-electron chi connectivity index (χ0n) is 12.5. The van der Waals surface area contributed by atoms with Crippen LogP contribution in [-0.4, -0.2) is 29.9 Å². The Morgan fingerprint density at radius 3 is 2.38 bits per heavy atom. The number of fused-ring (bicyclic) bond motifs is 2. The first-order chi connectivity index (χ1) is 11.5. The summed E-state index contributed by atoms with van der Waals surface area (Å²) in [4.78, 5) is 39.8. The molecule has 120 valence electrons. The lowest BCUT2D eigenvalue weighted by molar-refractivity contribution is -0.145. The zero-order chi connectivity index (χ0) is 17.1. The van der Waals surface area contributed by atoms with Crippen molar-refractivity contribution in [3.8, 4) is 0 Å². The first kappa shape index (κ1) is 14.4. The third kappa shape index (κ3) is 1.61. The summed E-state index contributed by atoms with van der Waals surface area (Å²) in [6, 6.07) is 10.7. The Hall–Kier alpha value is -3.22. The number of hydrogen-bond acceptors (Lipinski definition) is 4. The van der Waals surface area contributed by atoms with Crippen LogP contribution in [0.5, 0.6) is 0 Å². The number of carbonyl (C=O) groups excluding carboxylic acids is 3. The Kier molecular flexibility index (Phi) is 2.78. The molecule has 1 spiro atoms. The molecule has 0 bridgehead atoms. The van der Waals surface area contributed by atoms with E-state index in [1.54, 1.807) is 24.3 Å². The van der Waals surface area contributed by atoms with Gasteiger partial charge in [0.2, 0.25) is 0 Å². The van der Waals surface area contributed by atoms with E-state index in [0.29, 0.717) is 5.56 Å². The van der Waals surface area contributed by atoms with Gasteiger partial charge < -0.3 is 4.74 Å². The number of hydrogen-bond donors (Lipinski definition) is 0. The summed E-state index contributed by atoms with van der Waals surface area (Å²) in [6.07, 6.45) is 0. The van der Waals surface area contributed by atoms with E-state index in [-0.39, 0.29) is 11.3 Å². The van der Waals surface area contributed by atoms with Gasteiger partial charge in [-0.1, -0.05) is 18.2 Å². The van der Waals surface area contributed by atoms with Gasteiger partial charge in [0.05, 0.1) is 11.3 Å². The molecule has 2 aliphatic heterocycles. The summed E-state index contributed by atoms with van der Waals surface area (Å²) in [5.74, 6) is -1.86. The molecule has 0 saturated carbocycles. The largest absolute Gasteiger partial charge is 0.421 e. The number of ether oxygens (including phenoxy) is 1. The number of nitrogens with zero attached hydrogens (tertiary/aromatic N) is 2. The van der Waals surface area contributed by atoms with Crippen LogP contribution in [0.3, 0.4) is 0 Å². The molecule has 0 radical (unpaired) electrons. The molecule has 24 heavy (non-hydrogen) atoms. The number of amides is 3. The molecule has 1 fully saturated rings. The van der Waals surface area contributed by atoms with Crippen molar-refractivity contribution in [2.45, 2.75) is 5.72 Å². The van der Waals surface area contributed by atoms with Crippen LogP contribution in [0.25, 0.3) is 0 Å².